The highest BCUT2D eigenvalue weighted by atomic mass is 16.6. The highest BCUT2D eigenvalue weighted by Gasteiger charge is 2.23. The molecular formula is C13H18N2O3. The largest absolute Gasteiger partial charge is 0.391 e. The first-order valence-electron chi connectivity index (χ1n) is 6.27. The van der Waals surface area contributed by atoms with Crippen molar-refractivity contribution < 1.29 is 10.0 Å². The second kappa shape index (κ2) is 5.35. The zero-order valence-electron chi connectivity index (χ0n) is 10.4. The molecule has 5 nitrogen and oxygen atoms in total. The van der Waals surface area contributed by atoms with Gasteiger partial charge in [-0.1, -0.05) is 18.9 Å². The molecular weight excluding hydrogens is 232 g/mol. The van der Waals surface area contributed by atoms with Crippen molar-refractivity contribution in [2.75, 3.05) is 5.32 Å². The Bertz CT molecular complexity index is 448. The van der Waals surface area contributed by atoms with Crippen LogP contribution in [-0.2, 0) is 0 Å². The van der Waals surface area contributed by atoms with E-state index in [4.69, 9.17) is 0 Å². The molecule has 1 aliphatic rings. The Kier molecular flexibility index (Phi) is 3.81. The van der Waals surface area contributed by atoms with E-state index in [1.165, 1.54) is 6.07 Å². The standard InChI is InChI=1S/C13H18N2O3/c1-9-6-7-10(8-12(9)15(17)18)14-11-4-2-3-5-13(11)16/h6-8,11,13-14,16H,2-5H2,1H3. The predicted molar refractivity (Wildman–Crippen MR) is 69.7 cm³/mol. The fraction of sp³-hybridized carbons (Fsp3) is 0.538. The second-order valence-electron chi connectivity index (χ2n) is 4.86. The van der Waals surface area contributed by atoms with Crippen LogP contribution in [0, 0.1) is 17.0 Å². The Morgan fingerprint density at radius 3 is 2.78 bits per heavy atom. The van der Waals surface area contributed by atoms with Crippen LogP contribution < -0.4 is 5.32 Å². The Hall–Kier alpha value is -1.62. The summed E-state index contributed by atoms with van der Waals surface area (Å²) in [5.74, 6) is 0. The summed E-state index contributed by atoms with van der Waals surface area (Å²) in [5.41, 5.74) is 1.47. The Morgan fingerprint density at radius 2 is 2.11 bits per heavy atom. The molecule has 1 fully saturated rings. The lowest BCUT2D eigenvalue weighted by molar-refractivity contribution is -0.385. The van der Waals surface area contributed by atoms with Gasteiger partial charge in [0.15, 0.2) is 0 Å². The van der Waals surface area contributed by atoms with Crippen LogP contribution in [0.25, 0.3) is 0 Å². The summed E-state index contributed by atoms with van der Waals surface area (Å²) in [5, 5.41) is 23.9. The van der Waals surface area contributed by atoms with Gasteiger partial charge in [-0.2, -0.15) is 0 Å². The third kappa shape index (κ3) is 2.79. The normalized spacial score (nSPS) is 23.7. The minimum Gasteiger partial charge on any atom is -0.391 e. The molecule has 2 atom stereocenters. The minimum absolute atomic E-state index is 0.000982. The van der Waals surface area contributed by atoms with Crippen LogP contribution in [0.3, 0.4) is 0 Å². The average Bonchev–Trinajstić information content (AvgIpc) is 2.34. The zero-order chi connectivity index (χ0) is 13.1. The summed E-state index contributed by atoms with van der Waals surface area (Å²) in [6.45, 7) is 1.72. The highest BCUT2D eigenvalue weighted by molar-refractivity contribution is 5.55. The van der Waals surface area contributed by atoms with Gasteiger partial charge in [0.1, 0.15) is 0 Å². The van der Waals surface area contributed by atoms with E-state index in [2.05, 4.69) is 5.32 Å². The molecule has 2 N–H and O–H groups in total. The molecule has 1 saturated carbocycles. The molecule has 0 heterocycles. The molecule has 2 unspecified atom stereocenters. The quantitative estimate of drug-likeness (QED) is 0.638. The first-order valence-corrected chi connectivity index (χ1v) is 6.27. The number of nitro groups is 1. The van der Waals surface area contributed by atoms with Crippen molar-refractivity contribution in [2.24, 2.45) is 0 Å². The summed E-state index contributed by atoms with van der Waals surface area (Å²) in [6.07, 6.45) is 3.48. The molecule has 1 aromatic carbocycles. The molecule has 0 radical (unpaired) electrons. The number of anilines is 1. The number of aliphatic hydroxyl groups excluding tert-OH is 1. The SMILES string of the molecule is Cc1ccc(NC2CCCCC2O)cc1[N+](=O)[O-]. The average molecular weight is 250 g/mol. The minimum atomic E-state index is -0.377. The molecule has 1 aliphatic carbocycles. The van der Waals surface area contributed by atoms with Gasteiger partial charge in [-0.25, -0.2) is 0 Å². The molecule has 0 amide bonds. The van der Waals surface area contributed by atoms with Crippen molar-refractivity contribution >= 4 is 11.4 Å². The number of hydrogen-bond donors (Lipinski definition) is 2. The molecule has 0 bridgehead atoms. The third-order valence-corrected chi connectivity index (χ3v) is 3.49. The number of aliphatic hydroxyl groups is 1. The number of nitrogens with one attached hydrogen (secondary N) is 1. The Balaban J connectivity index is 2.14. The molecule has 98 valence electrons. The molecule has 18 heavy (non-hydrogen) atoms. The Morgan fingerprint density at radius 1 is 1.39 bits per heavy atom. The van der Waals surface area contributed by atoms with E-state index >= 15 is 0 Å². The first kappa shape index (κ1) is 12.8. The van der Waals surface area contributed by atoms with Crippen molar-refractivity contribution in [3.05, 3.63) is 33.9 Å². The van der Waals surface area contributed by atoms with E-state index < -0.39 is 0 Å². The maximum atomic E-state index is 10.9. The first-order chi connectivity index (χ1) is 8.58. The van der Waals surface area contributed by atoms with E-state index in [1.54, 1.807) is 13.0 Å². The van der Waals surface area contributed by atoms with Gasteiger partial charge >= 0.3 is 0 Å². The van der Waals surface area contributed by atoms with Gasteiger partial charge in [0, 0.05) is 17.3 Å². The zero-order valence-corrected chi connectivity index (χ0v) is 10.4. The number of aryl methyl sites for hydroxylation is 1. The molecule has 0 aromatic heterocycles. The fourth-order valence-electron chi connectivity index (χ4n) is 2.39. The number of benzene rings is 1. The monoisotopic (exact) mass is 250 g/mol. The van der Waals surface area contributed by atoms with E-state index in [0.717, 1.165) is 25.7 Å². The van der Waals surface area contributed by atoms with Crippen LogP contribution in [0.2, 0.25) is 0 Å². The van der Waals surface area contributed by atoms with E-state index in [9.17, 15) is 15.2 Å². The second-order valence-corrected chi connectivity index (χ2v) is 4.86. The Labute approximate surface area is 106 Å². The molecule has 0 saturated heterocycles. The lowest BCUT2D eigenvalue weighted by atomic mass is 9.92. The molecule has 1 aromatic rings. The smallest absolute Gasteiger partial charge is 0.274 e. The molecule has 0 spiro atoms. The van der Waals surface area contributed by atoms with Gasteiger partial charge in [0.2, 0.25) is 0 Å². The van der Waals surface area contributed by atoms with Gasteiger partial charge in [-0.05, 0) is 25.8 Å². The summed E-state index contributed by atoms with van der Waals surface area (Å²) < 4.78 is 0. The number of hydrogen-bond acceptors (Lipinski definition) is 4. The number of rotatable bonds is 3. The van der Waals surface area contributed by atoms with Crippen LogP contribution in [0.15, 0.2) is 18.2 Å². The van der Waals surface area contributed by atoms with E-state index in [0.29, 0.717) is 11.3 Å². The molecule has 2 rings (SSSR count). The lowest BCUT2D eigenvalue weighted by Gasteiger charge is -2.29. The lowest BCUT2D eigenvalue weighted by Crippen LogP contribution is -2.36. The van der Waals surface area contributed by atoms with Gasteiger partial charge in [-0.15, -0.1) is 0 Å². The number of nitro benzene ring substituents is 1. The number of nitrogens with zero attached hydrogens (tertiary/aromatic N) is 1. The van der Waals surface area contributed by atoms with Crippen molar-refractivity contribution in [2.45, 2.75) is 44.8 Å². The third-order valence-electron chi connectivity index (χ3n) is 3.49. The predicted octanol–water partition coefficient (Wildman–Crippen LogP) is 2.62. The van der Waals surface area contributed by atoms with Gasteiger partial charge < -0.3 is 10.4 Å². The maximum absolute atomic E-state index is 10.9. The van der Waals surface area contributed by atoms with Crippen molar-refractivity contribution in [3.8, 4) is 0 Å². The summed E-state index contributed by atoms with van der Waals surface area (Å²) in [6, 6.07) is 5.09. The van der Waals surface area contributed by atoms with Crippen LogP contribution >= 0.6 is 0 Å². The molecule has 5 heteroatoms. The van der Waals surface area contributed by atoms with E-state index in [1.807, 2.05) is 6.07 Å². The van der Waals surface area contributed by atoms with Crippen LogP contribution in [-0.4, -0.2) is 22.2 Å². The highest BCUT2D eigenvalue weighted by Crippen LogP contribution is 2.26. The van der Waals surface area contributed by atoms with Crippen molar-refractivity contribution in [1.82, 2.24) is 0 Å². The van der Waals surface area contributed by atoms with Crippen LogP contribution in [0.4, 0.5) is 11.4 Å². The van der Waals surface area contributed by atoms with Gasteiger partial charge in [0.05, 0.1) is 17.1 Å². The van der Waals surface area contributed by atoms with Crippen molar-refractivity contribution in [1.29, 1.82) is 0 Å². The topological polar surface area (TPSA) is 75.4 Å². The van der Waals surface area contributed by atoms with Crippen LogP contribution in [0.5, 0.6) is 0 Å². The van der Waals surface area contributed by atoms with Crippen molar-refractivity contribution in [3.63, 3.8) is 0 Å². The summed E-state index contributed by atoms with van der Waals surface area (Å²) in [4.78, 5) is 10.5. The summed E-state index contributed by atoms with van der Waals surface area (Å²) >= 11 is 0. The van der Waals surface area contributed by atoms with Gasteiger partial charge in [0.25, 0.3) is 5.69 Å². The fourth-order valence-corrected chi connectivity index (χ4v) is 2.39. The molecule has 0 aliphatic heterocycles. The van der Waals surface area contributed by atoms with E-state index in [-0.39, 0.29) is 22.8 Å². The van der Waals surface area contributed by atoms with Crippen LogP contribution in [0.1, 0.15) is 31.2 Å². The van der Waals surface area contributed by atoms with Gasteiger partial charge in [-0.3, -0.25) is 10.1 Å². The summed E-state index contributed by atoms with van der Waals surface area (Å²) in [7, 11) is 0. The maximum Gasteiger partial charge on any atom is 0.274 e.